The molecule has 8 heterocycles. The van der Waals surface area contributed by atoms with Crippen LogP contribution in [0.3, 0.4) is 0 Å². The Labute approximate surface area is 278 Å². The summed E-state index contributed by atoms with van der Waals surface area (Å²) in [6.07, 6.45) is 4.63. The van der Waals surface area contributed by atoms with Gasteiger partial charge in [0.25, 0.3) is 12.0 Å². The summed E-state index contributed by atoms with van der Waals surface area (Å²) in [5, 5.41) is 4.99. The molecule has 11 rings (SSSR count). The van der Waals surface area contributed by atoms with Crippen LogP contribution in [0.1, 0.15) is 34.2 Å². The lowest BCUT2D eigenvalue weighted by molar-refractivity contribution is -0.567. The minimum absolute atomic E-state index is 0. The van der Waals surface area contributed by atoms with Gasteiger partial charge in [-0.25, -0.2) is 0 Å². The molecule has 6 heteroatoms. The molecular weight excluding hydrogens is 598 g/mol. The summed E-state index contributed by atoms with van der Waals surface area (Å²) >= 11 is 0. The van der Waals surface area contributed by atoms with Crippen LogP contribution in [0.25, 0.3) is 16.7 Å². The molecule has 0 saturated heterocycles. The van der Waals surface area contributed by atoms with Crippen LogP contribution in [0.2, 0.25) is 0 Å². The Hall–Kier alpha value is -5.36. The van der Waals surface area contributed by atoms with Crippen molar-refractivity contribution in [3.8, 4) is 0 Å². The van der Waals surface area contributed by atoms with Gasteiger partial charge in [-0.15, -0.1) is 0 Å². The first-order chi connectivity index (χ1) is 22.7. The van der Waals surface area contributed by atoms with Crippen LogP contribution in [0, 0.1) is 10.7 Å². The van der Waals surface area contributed by atoms with E-state index < -0.39 is 5.79 Å². The van der Waals surface area contributed by atoms with Crippen molar-refractivity contribution in [2.75, 3.05) is 14.1 Å². The van der Waals surface area contributed by atoms with E-state index in [4.69, 9.17) is 0 Å². The van der Waals surface area contributed by atoms with Gasteiger partial charge in [0.1, 0.15) is 0 Å². The molecule has 2 unspecified atom stereocenters. The second-order valence-electron chi connectivity index (χ2n) is 13.0. The number of nitrogens with zero attached hydrogens (tertiary/aromatic N) is 5. The number of rotatable bonds is 4. The molecule has 0 bridgehead atoms. The quantitative estimate of drug-likeness (QED) is 0.275. The van der Waals surface area contributed by atoms with Crippen molar-refractivity contribution in [2.24, 2.45) is 0 Å². The van der Waals surface area contributed by atoms with Gasteiger partial charge in [-0.2, -0.15) is 4.58 Å². The van der Waals surface area contributed by atoms with E-state index in [2.05, 4.69) is 177 Å². The maximum atomic E-state index is 2.66. The number of halogens is 1. The Balaban J connectivity index is 0.00000285. The first-order valence-electron chi connectivity index (χ1n) is 16.0. The van der Waals surface area contributed by atoms with Gasteiger partial charge in [0, 0.05) is 17.7 Å². The van der Waals surface area contributed by atoms with Gasteiger partial charge in [0.15, 0.2) is 0 Å². The van der Waals surface area contributed by atoms with Crippen molar-refractivity contribution in [1.29, 1.82) is 0 Å². The van der Waals surface area contributed by atoms with Crippen molar-refractivity contribution in [3.63, 3.8) is 0 Å². The molecular formula is C41H30ClN5. The monoisotopic (exact) mass is 627 g/mol. The number of likely N-dealkylation sites (N-methyl/N-ethyl adjacent to an activating group) is 1. The first kappa shape index (κ1) is 26.8. The predicted octanol–water partition coefficient (Wildman–Crippen LogP) is 2.18. The highest BCUT2D eigenvalue weighted by atomic mass is 35.5. The third kappa shape index (κ3) is 2.98. The fourth-order valence-corrected chi connectivity index (χ4v) is 9.13. The lowest BCUT2D eigenvalue weighted by Crippen LogP contribution is -3.00. The molecule has 226 valence electrons. The minimum atomic E-state index is -0.608. The van der Waals surface area contributed by atoms with Gasteiger partial charge < -0.3 is 12.4 Å². The molecule has 5 nitrogen and oxygen atoms in total. The van der Waals surface area contributed by atoms with E-state index in [1.807, 2.05) is 0 Å². The zero-order chi connectivity index (χ0) is 30.3. The number of hydrogen-bond donors (Lipinski definition) is 0. The van der Waals surface area contributed by atoms with Crippen molar-refractivity contribution in [2.45, 2.75) is 12.0 Å². The highest BCUT2D eigenvalue weighted by molar-refractivity contribution is 6.27. The third-order valence-corrected chi connectivity index (χ3v) is 10.7. The standard InChI is InChI=1S/C41H30N5.ClH/c1-42(2)41-40-43-29-18-20-31(43)37(26-12-6-3-7-13-26)32-21-22-33(44(32)40)38(27-14-8-4-9-15-27)34-24-25-36(46(34)41)39(28-16-10-5-11-17-28)35-23-19-30(29)45(35)41;/h3-25,40H,1-2H3;1H/q+1;/p-1. The molecule has 0 spiro atoms. The number of allylic oxidation sites excluding steroid dienone is 2. The Morgan fingerprint density at radius 1 is 0.532 bits per heavy atom. The maximum absolute atomic E-state index is 2.66. The topological polar surface area (TPSA) is 21.0 Å². The SMILES string of the molecule is CN(C)C12C3n4c5ccc4=c4ccc(n41)=C(c1ccccc1)c1ccc(n12)C(c1ccccc1)=C1C=CC(=[N+]13)C=5c1ccccc1.[Cl-]. The van der Waals surface area contributed by atoms with E-state index in [1.54, 1.807) is 0 Å². The molecule has 5 aliphatic heterocycles. The van der Waals surface area contributed by atoms with Gasteiger partial charge in [0.2, 0.25) is 11.4 Å². The van der Waals surface area contributed by atoms with E-state index >= 15 is 0 Å². The molecule has 47 heavy (non-hydrogen) atoms. The van der Waals surface area contributed by atoms with Crippen LogP contribution in [-0.4, -0.2) is 43.0 Å². The Morgan fingerprint density at radius 2 is 1.06 bits per heavy atom. The number of aromatic nitrogens is 3. The maximum Gasteiger partial charge on any atom is 0.297 e. The molecule has 2 atom stereocenters. The van der Waals surface area contributed by atoms with E-state index in [-0.39, 0.29) is 18.6 Å². The van der Waals surface area contributed by atoms with E-state index in [0.29, 0.717) is 0 Å². The smallest absolute Gasteiger partial charge is 0.297 e. The zero-order valence-corrected chi connectivity index (χ0v) is 26.7. The van der Waals surface area contributed by atoms with Gasteiger partial charge in [0.05, 0.1) is 43.9 Å². The highest BCUT2D eigenvalue weighted by Crippen LogP contribution is 2.51. The minimum Gasteiger partial charge on any atom is -1.00 e. The van der Waals surface area contributed by atoms with Crippen LogP contribution in [0.5, 0.6) is 0 Å². The Bertz CT molecular complexity index is 2650. The van der Waals surface area contributed by atoms with Crippen molar-refractivity contribution in [3.05, 3.63) is 195 Å². The first-order valence-corrected chi connectivity index (χ1v) is 16.0. The lowest BCUT2D eigenvalue weighted by atomic mass is 9.96. The summed E-state index contributed by atoms with van der Waals surface area (Å²) in [6.45, 7) is 0. The molecule has 0 N–H and O–H groups in total. The second-order valence-corrected chi connectivity index (χ2v) is 13.0. The van der Waals surface area contributed by atoms with Crippen LogP contribution in [-0.2, 0) is 5.79 Å². The Morgan fingerprint density at radius 3 is 1.70 bits per heavy atom. The Kier molecular flexibility index (Phi) is 5.21. The summed E-state index contributed by atoms with van der Waals surface area (Å²) in [6, 6.07) is 46.9. The molecule has 0 amide bonds. The molecule has 0 fully saturated rings. The van der Waals surface area contributed by atoms with E-state index in [9.17, 15) is 0 Å². The van der Waals surface area contributed by atoms with Gasteiger partial charge in [-0.05, 0) is 67.2 Å². The van der Waals surface area contributed by atoms with Gasteiger partial charge >= 0.3 is 0 Å². The van der Waals surface area contributed by atoms with Crippen LogP contribution in [0.4, 0.5) is 0 Å². The summed E-state index contributed by atoms with van der Waals surface area (Å²) in [5.74, 6) is -0.608. The van der Waals surface area contributed by atoms with Crippen molar-refractivity contribution >= 4 is 22.4 Å². The lowest BCUT2D eigenvalue weighted by Gasteiger charge is -2.50. The molecule has 0 radical (unpaired) electrons. The summed E-state index contributed by atoms with van der Waals surface area (Å²) < 4.78 is 10.6. The van der Waals surface area contributed by atoms with Crippen LogP contribution >= 0.6 is 0 Å². The highest BCUT2D eigenvalue weighted by Gasteiger charge is 2.63. The predicted molar refractivity (Wildman–Crippen MR) is 180 cm³/mol. The fourth-order valence-electron chi connectivity index (χ4n) is 9.13. The van der Waals surface area contributed by atoms with Crippen molar-refractivity contribution in [1.82, 2.24) is 18.6 Å². The average molecular weight is 628 g/mol. The molecule has 3 aromatic carbocycles. The molecule has 0 aliphatic carbocycles. The van der Waals surface area contributed by atoms with Crippen LogP contribution in [0.15, 0.2) is 145 Å². The number of hydrogen-bond acceptors (Lipinski definition) is 1. The molecule has 6 aromatic rings. The molecule has 3 aromatic heterocycles. The summed E-state index contributed by atoms with van der Waals surface area (Å²) in [7, 11) is 4.52. The summed E-state index contributed by atoms with van der Waals surface area (Å²) in [5.41, 5.74) is 12.4. The van der Waals surface area contributed by atoms with Gasteiger partial charge in [-0.3, -0.25) is 18.6 Å². The van der Waals surface area contributed by atoms with E-state index in [0.717, 1.165) is 0 Å². The number of benzene rings is 3. The second kappa shape index (κ2) is 9.13. The fraction of sp³-hybridized carbons (Fsp3) is 0.0976. The van der Waals surface area contributed by atoms with E-state index in [1.165, 1.54) is 77.6 Å². The zero-order valence-electron chi connectivity index (χ0n) is 26.0. The van der Waals surface area contributed by atoms with Crippen molar-refractivity contribution < 1.29 is 17.0 Å². The average Bonchev–Trinajstić information content (AvgIpc) is 3.90. The molecule has 5 aliphatic rings. The van der Waals surface area contributed by atoms with Gasteiger partial charge in [-0.1, -0.05) is 91.0 Å². The van der Waals surface area contributed by atoms with Crippen LogP contribution < -0.4 is 23.1 Å². The summed E-state index contributed by atoms with van der Waals surface area (Å²) in [4.78, 5) is 2.46. The molecule has 0 saturated carbocycles. The largest absolute Gasteiger partial charge is 1.00 e. The third-order valence-electron chi connectivity index (χ3n) is 10.7. The normalized spacial score (nSPS) is 20.5.